The molecule has 0 saturated carbocycles. The largest absolute Gasteiger partial charge is 0.497 e. The number of methoxy groups -OCH3 is 1. The van der Waals surface area contributed by atoms with Gasteiger partial charge >= 0.3 is 6.03 Å². The lowest BCUT2D eigenvalue weighted by atomic mass is 10.0. The molecular formula is C14H16N2O3. The van der Waals surface area contributed by atoms with Crippen LogP contribution in [-0.2, 0) is 0 Å². The second-order valence-corrected chi connectivity index (χ2v) is 4.33. The Morgan fingerprint density at radius 2 is 1.89 bits per heavy atom. The van der Waals surface area contributed by atoms with Crippen LogP contribution in [0.4, 0.5) is 4.79 Å². The highest BCUT2D eigenvalue weighted by Crippen LogP contribution is 2.26. The molecule has 19 heavy (non-hydrogen) atoms. The Morgan fingerprint density at radius 3 is 2.53 bits per heavy atom. The summed E-state index contributed by atoms with van der Waals surface area (Å²) in [5.41, 5.74) is 5.85. The Hall–Kier alpha value is -2.27. The first-order chi connectivity index (χ1) is 9.02. The summed E-state index contributed by atoms with van der Waals surface area (Å²) >= 11 is 0. The van der Waals surface area contributed by atoms with Crippen LogP contribution in [0.1, 0.15) is 18.5 Å². The zero-order valence-electron chi connectivity index (χ0n) is 10.8. The van der Waals surface area contributed by atoms with Crippen molar-refractivity contribution in [3.8, 4) is 5.75 Å². The molecular weight excluding hydrogens is 244 g/mol. The number of hydrogen-bond donors (Lipinski definition) is 2. The maximum Gasteiger partial charge on any atom is 0.339 e. The van der Waals surface area contributed by atoms with Gasteiger partial charge in [-0.05, 0) is 41.5 Å². The molecule has 0 radical (unpaired) electrons. The number of nitrogens with zero attached hydrogens (tertiary/aromatic N) is 1. The molecule has 0 aliphatic carbocycles. The van der Waals surface area contributed by atoms with Crippen LogP contribution < -0.4 is 10.5 Å². The van der Waals surface area contributed by atoms with E-state index < -0.39 is 12.1 Å². The highest BCUT2D eigenvalue weighted by atomic mass is 16.5. The maximum absolute atomic E-state index is 10.9. The first-order valence-electron chi connectivity index (χ1n) is 5.88. The average molecular weight is 260 g/mol. The first-order valence-corrected chi connectivity index (χ1v) is 5.88. The van der Waals surface area contributed by atoms with E-state index in [0.717, 1.165) is 22.1 Å². The van der Waals surface area contributed by atoms with Gasteiger partial charge in [-0.25, -0.2) is 4.79 Å². The molecule has 0 aliphatic rings. The van der Waals surface area contributed by atoms with Crippen molar-refractivity contribution in [3.05, 3.63) is 42.0 Å². The van der Waals surface area contributed by atoms with Gasteiger partial charge in [-0.1, -0.05) is 18.2 Å². The van der Waals surface area contributed by atoms with Crippen LogP contribution in [0.5, 0.6) is 5.75 Å². The van der Waals surface area contributed by atoms with Crippen molar-refractivity contribution in [2.45, 2.75) is 13.0 Å². The molecule has 0 saturated heterocycles. The second kappa shape index (κ2) is 5.16. The maximum atomic E-state index is 10.9. The Morgan fingerprint density at radius 1 is 1.26 bits per heavy atom. The van der Waals surface area contributed by atoms with Gasteiger partial charge in [0.15, 0.2) is 0 Å². The van der Waals surface area contributed by atoms with E-state index in [4.69, 9.17) is 10.5 Å². The molecule has 3 N–H and O–H groups in total. The summed E-state index contributed by atoms with van der Waals surface area (Å²) in [6.07, 6.45) is 0. The minimum absolute atomic E-state index is 0.496. The van der Waals surface area contributed by atoms with Gasteiger partial charge in [0.25, 0.3) is 0 Å². The molecule has 2 aromatic carbocycles. The van der Waals surface area contributed by atoms with Crippen LogP contribution in [0, 0.1) is 0 Å². The van der Waals surface area contributed by atoms with Crippen LogP contribution in [-0.4, -0.2) is 23.4 Å². The van der Waals surface area contributed by atoms with E-state index in [1.54, 1.807) is 14.0 Å². The van der Waals surface area contributed by atoms with Crippen molar-refractivity contribution in [3.63, 3.8) is 0 Å². The SMILES string of the molecule is COc1ccc2cc([C@@H](C)N(O)C(N)=O)ccc2c1. The van der Waals surface area contributed by atoms with E-state index in [1.165, 1.54) is 0 Å². The third-order valence-electron chi connectivity index (χ3n) is 3.15. The molecule has 5 nitrogen and oxygen atoms in total. The summed E-state index contributed by atoms with van der Waals surface area (Å²) in [4.78, 5) is 10.9. The molecule has 0 fully saturated rings. The van der Waals surface area contributed by atoms with Gasteiger partial charge in [-0.2, -0.15) is 5.06 Å². The summed E-state index contributed by atoms with van der Waals surface area (Å²) in [6, 6.07) is 10.0. The van der Waals surface area contributed by atoms with Crippen LogP contribution in [0.2, 0.25) is 0 Å². The predicted molar refractivity (Wildman–Crippen MR) is 72.1 cm³/mol. The summed E-state index contributed by atoms with van der Waals surface area (Å²) in [5.74, 6) is 0.786. The fourth-order valence-corrected chi connectivity index (χ4v) is 1.96. The number of primary amides is 1. The van der Waals surface area contributed by atoms with E-state index in [-0.39, 0.29) is 0 Å². The van der Waals surface area contributed by atoms with Gasteiger partial charge in [0.1, 0.15) is 5.75 Å². The molecule has 2 rings (SSSR count). The quantitative estimate of drug-likeness (QED) is 0.658. The van der Waals surface area contributed by atoms with Crippen molar-refractivity contribution in [2.24, 2.45) is 5.73 Å². The number of amides is 2. The topological polar surface area (TPSA) is 75.8 Å². The third-order valence-corrected chi connectivity index (χ3v) is 3.15. The van der Waals surface area contributed by atoms with E-state index >= 15 is 0 Å². The van der Waals surface area contributed by atoms with Gasteiger partial charge < -0.3 is 10.5 Å². The normalized spacial score (nSPS) is 12.2. The number of hydrogen-bond acceptors (Lipinski definition) is 3. The molecule has 2 amide bonds. The number of hydroxylamine groups is 2. The lowest BCUT2D eigenvalue weighted by molar-refractivity contribution is -0.0709. The molecule has 0 aromatic heterocycles. The highest BCUT2D eigenvalue weighted by molar-refractivity contribution is 5.84. The van der Waals surface area contributed by atoms with Gasteiger partial charge in [0, 0.05) is 0 Å². The predicted octanol–water partition coefficient (Wildman–Crippen LogP) is 2.68. The first kappa shape index (κ1) is 13.2. The lowest BCUT2D eigenvalue weighted by Gasteiger charge is -2.21. The van der Waals surface area contributed by atoms with E-state index in [0.29, 0.717) is 5.06 Å². The number of rotatable bonds is 3. The van der Waals surface area contributed by atoms with Crippen molar-refractivity contribution in [1.82, 2.24) is 5.06 Å². The Labute approximate surface area is 111 Å². The molecule has 0 heterocycles. The summed E-state index contributed by atoms with van der Waals surface area (Å²) in [5, 5.41) is 12.1. The molecule has 0 spiro atoms. The number of nitrogens with two attached hydrogens (primary N) is 1. The number of benzene rings is 2. The Kier molecular flexibility index (Phi) is 3.57. The average Bonchev–Trinajstić information content (AvgIpc) is 2.44. The number of fused-ring (bicyclic) bond motifs is 1. The van der Waals surface area contributed by atoms with Crippen molar-refractivity contribution in [1.29, 1.82) is 0 Å². The number of carbonyl (C=O) groups is 1. The Balaban J connectivity index is 2.39. The standard InChI is InChI=1S/C14H16N2O3/c1-9(16(18)14(15)17)10-3-4-12-8-13(19-2)6-5-11(12)7-10/h3-9,18H,1-2H3,(H2,15,17)/t9-/m1/s1. The lowest BCUT2D eigenvalue weighted by Crippen LogP contribution is -2.34. The van der Waals surface area contributed by atoms with Crippen LogP contribution in [0.3, 0.4) is 0 Å². The Bertz CT molecular complexity index is 613. The van der Waals surface area contributed by atoms with Gasteiger partial charge in [0.05, 0.1) is 13.2 Å². The highest BCUT2D eigenvalue weighted by Gasteiger charge is 2.17. The number of urea groups is 1. The summed E-state index contributed by atoms with van der Waals surface area (Å²) < 4.78 is 5.16. The zero-order chi connectivity index (χ0) is 14.0. The smallest absolute Gasteiger partial charge is 0.339 e. The molecule has 0 unspecified atom stereocenters. The molecule has 2 aromatic rings. The van der Waals surface area contributed by atoms with Gasteiger partial charge in [-0.3, -0.25) is 5.21 Å². The molecule has 0 bridgehead atoms. The monoisotopic (exact) mass is 260 g/mol. The van der Waals surface area contributed by atoms with Crippen LogP contribution in [0.15, 0.2) is 36.4 Å². The second-order valence-electron chi connectivity index (χ2n) is 4.33. The van der Waals surface area contributed by atoms with E-state index in [1.807, 2.05) is 36.4 Å². The molecule has 100 valence electrons. The zero-order valence-corrected chi connectivity index (χ0v) is 10.8. The fourth-order valence-electron chi connectivity index (χ4n) is 1.96. The van der Waals surface area contributed by atoms with Crippen LogP contribution in [0.25, 0.3) is 10.8 Å². The van der Waals surface area contributed by atoms with E-state index in [2.05, 4.69) is 0 Å². The van der Waals surface area contributed by atoms with Crippen molar-refractivity contribution >= 4 is 16.8 Å². The summed E-state index contributed by atoms with van der Waals surface area (Å²) in [6.45, 7) is 1.70. The molecule has 0 aliphatic heterocycles. The van der Waals surface area contributed by atoms with Gasteiger partial charge in [-0.15, -0.1) is 0 Å². The van der Waals surface area contributed by atoms with E-state index in [9.17, 15) is 10.0 Å². The fraction of sp³-hybridized carbons (Fsp3) is 0.214. The third kappa shape index (κ3) is 2.61. The minimum atomic E-state index is -0.873. The number of carbonyl (C=O) groups excluding carboxylic acids is 1. The minimum Gasteiger partial charge on any atom is -0.497 e. The molecule has 1 atom stereocenters. The van der Waals surface area contributed by atoms with Crippen LogP contribution >= 0.6 is 0 Å². The van der Waals surface area contributed by atoms with Crippen molar-refractivity contribution in [2.75, 3.05) is 7.11 Å². The van der Waals surface area contributed by atoms with Gasteiger partial charge in [0.2, 0.25) is 0 Å². The molecule has 5 heteroatoms. The number of ether oxygens (including phenoxy) is 1. The van der Waals surface area contributed by atoms with Crippen molar-refractivity contribution < 1.29 is 14.7 Å². The summed E-state index contributed by atoms with van der Waals surface area (Å²) in [7, 11) is 1.62.